The number of carboxylic acid groups (broad SMARTS) is 1. The molecule has 1 heterocycles. The van der Waals surface area contributed by atoms with E-state index in [-0.39, 0.29) is 6.54 Å². The summed E-state index contributed by atoms with van der Waals surface area (Å²) in [6.07, 6.45) is 3.95. The summed E-state index contributed by atoms with van der Waals surface area (Å²) in [5, 5.41) is 8.85. The van der Waals surface area contributed by atoms with Crippen LogP contribution in [0.4, 0.5) is 0 Å². The van der Waals surface area contributed by atoms with E-state index in [1.807, 2.05) is 0 Å². The molecular formula is C13H19NO5S. The van der Waals surface area contributed by atoms with Crippen molar-refractivity contribution in [2.75, 3.05) is 6.54 Å². The minimum absolute atomic E-state index is 0.116. The molecule has 112 valence electrons. The number of piperidine rings is 1. The Kier molecular flexibility index (Phi) is 5.97. The smallest absolute Gasteiger partial charge is 0.332 e. The van der Waals surface area contributed by atoms with E-state index in [9.17, 15) is 13.2 Å². The second-order valence-electron chi connectivity index (χ2n) is 4.36. The average molecular weight is 301 g/mol. The number of carbonyl (C=O) groups is 1. The topological polar surface area (TPSA) is 83.9 Å². The number of hydrogen-bond acceptors (Lipinski definition) is 4. The monoisotopic (exact) mass is 301 g/mol. The van der Waals surface area contributed by atoms with E-state index < -0.39 is 29.1 Å². The van der Waals surface area contributed by atoms with Gasteiger partial charge in [0.25, 0.3) is 0 Å². The largest absolute Gasteiger partial charge is 0.479 e. The number of aliphatic carboxylic acids is 1. The molecule has 1 fully saturated rings. The van der Waals surface area contributed by atoms with Crippen LogP contribution in [-0.2, 0) is 20.4 Å². The molecule has 1 rings (SSSR count). The highest BCUT2D eigenvalue weighted by molar-refractivity contribution is 7.70. The van der Waals surface area contributed by atoms with Gasteiger partial charge in [0.05, 0.1) is 18.3 Å². The van der Waals surface area contributed by atoms with Gasteiger partial charge in [-0.15, -0.1) is 0 Å². The maximum atomic E-state index is 11.3. The highest BCUT2D eigenvalue weighted by Crippen LogP contribution is 2.29. The molecule has 0 aromatic heterocycles. The summed E-state index contributed by atoms with van der Waals surface area (Å²) in [4.78, 5) is 10.8. The third-order valence-electron chi connectivity index (χ3n) is 2.97. The molecule has 0 spiro atoms. The van der Waals surface area contributed by atoms with E-state index in [0.717, 1.165) is 5.57 Å². The predicted octanol–water partition coefficient (Wildman–Crippen LogP) is 1.09. The van der Waals surface area contributed by atoms with Crippen molar-refractivity contribution < 1.29 is 23.1 Å². The lowest BCUT2D eigenvalue weighted by Gasteiger charge is -2.34. The van der Waals surface area contributed by atoms with Crippen LogP contribution in [0.25, 0.3) is 0 Å². The van der Waals surface area contributed by atoms with Crippen molar-refractivity contribution in [2.45, 2.75) is 32.5 Å². The zero-order chi connectivity index (χ0) is 15.3. The van der Waals surface area contributed by atoms with Crippen LogP contribution in [0, 0.1) is 0 Å². The van der Waals surface area contributed by atoms with Crippen molar-refractivity contribution in [3.05, 3.63) is 36.1 Å². The third-order valence-corrected chi connectivity index (χ3v) is 3.74. The van der Waals surface area contributed by atoms with E-state index >= 15 is 0 Å². The molecule has 0 aromatic rings. The number of allylic oxidation sites excluding steroid dienone is 4. The van der Waals surface area contributed by atoms with Gasteiger partial charge in [0.15, 0.2) is 6.10 Å². The summed E-state index contributed by atoms with van der Waals surface area (Å²) in [7, 11) is -2.81. The van der Waals surface area contributed by atoms with E-state index in [2.05, 4.69) is 6.58 Å². The molecule has 2 atom stereocenters. The molecule has 1 aliphatic heterocycles. The Labute approximate surface area is 120 Å². The normalized spacial score (nSPS) is 25.1. The molecule has 0 radical (unpaired) electrons. The fourth-order valence-corrected chi connectivity index (χ4v) is 2.83. The molecule has 0 aliphatic carbocycles. The third kappa shape index (κ3) is 3.94. The van der Waals surface area contributed by atoms with Gasteiger partial charge in [-0.25, -0.2) is 13.2 Å². The Morgan fingerprint density at radius 3 is 2.70 bits per heavy atom. The molecule has 20 heavy (non-hydrogen) atoms. The van der Waals surface area contributed by atoms with Crippen LogP contribution in [0.15, 0.2) is 36.1 Å². The van der Waals surface area contributed by atoms with Crippen molar-refractivity contribution in [2.24, 2.45) is 0 Å². The quantitative estimate of drug-likeness (QED) is 0.743. The Morgan fingerprint density at radius 2 is 2.25 bits per heavy atom. The maximum absolute atomic E-state index is 11.3. The van der Waals surface area contributed by atoms with Gasteiger partial charge in [0.2, 0.25) is 10.9 Å². The first-order valence-corrected chi connectivity index (χ1v) is 7.32. The Bertz CT molecular complexity index is 513. The van der Waals surface area contributed by atoms with Gasteiger partial charge < -0.3 is 9.84 Å². The molecule has 1 saturated heterocycles. The first-order chi connectivity index (χ1) is 9.40. The number of ether oxygens (including phenoxy) is 1. The van der Waals surface area contributed by atoms with Crippen LogP contribution < -0.4 is 0 Å². The lowest BCUT2D eigenvalue weighted by molar-refractivity contribution is -0.153. The van der Waals surface area contributed by atoms with E-state index in [4.69, 9.17) is 9.84 Å². The van der Waals surface area contributed by atoms with Crippen molar-refractivity contribution in [3.63, 3.8) is 0 Å². The minimum Gasteiger partial charge on any atom is -0.479 e. The van der Waals surface area contributed by atoms with Crippen molar-refractivity contribution >= 4 is 16.9 Å². The molecule has 0 aromatic carbocycles. The van der Waals surface area contributed by atoms with E-state index in [1.54, 1.807) is 25.2 Å². The van der Waals surface area contributed by atoms with Gasteiger partial charge in [0.1, 0.15) is 0 Å². The molecule has 7 heteroatoms. The van der Waals surface area contributed by atoms with Gasteiger partial charge in [-0.1, -0.05) is 24.8 Å². The van der Waals surface area contributed by atoms with E-state index in [0.29, 0.717) is 12.1 Å². The van der Waals surface area contributed by atoms with Crippen LogP contribution in [0.2, 0.25) is 0 Å². The molecule has 1 aliphatic rings. The minimum atomic E-state index is -2.81. The van der Waals surface area contributed by atoms with Crippen LogP contribution in [0.3, 0.4) is 0 Å². The second-order valence-corrected chi connectivity index (χ2v) is 5.32. The number of nitrogens with zero attached hydrogens (tertiary/aromatic N) is 1. The zero-order valence-corrected chi connectivity index (χ0v) is 12.4. The van der Waals surface area contributed by atoms with E-state index in [1.165, 1.54) is 11.2 Å². The summed E-state index contributed by atoms with van der Waals surface area (Å²) >= 11 is 0. The summed E-state index contributed by atoms with van der Waals surface area (Å²) in [6, 6.07) is 0. The van der Waals surface area contributed by atoms with Gasteiger partial charge in [-0.2, -0.15) is 0 Å². The SMILES string of the molecule is C=C/C=C1/C[C@@H](OC(C)C(=O)O)CN([SH](=O)=O)/C1=C/C. The Morgan fingerprint density at radius 1 is 1.60 bits per heavy atom. The molecule has 1 N–H and O–H groups in total. The molecule has 0 amide bonds. The Hall–Kier alpha value is -1.60. The van der Waals surface area contributed by atoms with Gasteiger partial charge >= 0.3 is 5.97 Å². The lowest BCUT2D eigenvalue weighted by atomic mass is 9.99. The maximum Gasteiger partial charge on any atom is 0.332 e. The number of carboxylic acids is 1. The number of rotatable bonds is 5. The standard InChI is InChI=1S/C13H19NO5S/c1-4-6-10-7-11(19-9(3)13(15)16)8-14(20(17)18)12(10)5-2/h4-6,9,11,20H,1,7-8H2,2-3H3,(H,15,16)/b10-6-,12-5+/t9?,11-/m1/s1. The summed E-state index contributed by atoms with van der Waals surface area (Å²) in [6.45, 7) is 6.89. The average Bonchev–Trinajstić information content (AvgIpc) is 2.38. The molecule has 1 unspecified atom stereocenters. The summed E-state index contributed by atoms with van der Waals surface area (Å²) in [5.41, 5.74) is 1.35. The number of hydrogen-bond donors (Lipinski definition) is 2. The van der Waals surface area contributed by atoms with Crippen molar-refractivity contribution in [1.82, 2.24) is 4.31 Å². The highest BCUT2D eigenvalue weighted by Gasteiger charge is 2.30. The van der Waals surface area contributed by atoms with Crippen LogP contribution in [0.5, 0.6) is 0 Å². The first kappa shape index (κ1) is 16.5. The fraction of sp³-hybridized carbons (Fsp3) is 0.462. The van der Waals surface area contributed by atoms with Gasteiger partial charge in [0, 0.05) is 6.42 Å². The van der Waals surface area contributed by atoms with Crippen LogP contribution in [0.1, 0.15) is 20.3 Å². The first-order valence-electron chi connectivity index (χ1n) is 6.19. The highest BCUT2D eigenvalue weighted by atomic mass is 32.2. The zero-order valence-electron chi connectivity index (χ0n) is 11.5. The molecule has 0 bridgehead atoms. The van der Waals surface area contributed by atoms with Gasteiger partial charge in [-0.05, 0) is 19.4 Å². The lowest BCUT2D eigenvalue weighted by Crippen LogP contribution is -2.41. The molecule has 0 saturated carbocycles. The molecule has 6 nitrogen and oxygen atoms in total. The summed E-state index contributed by atoms with van der Waals surface area (Å²) < 4.78 is 29.3. The van der Waals surface area contributed by atoms with Crippen molar-refractivity contribution in [3.8, 4) is 0 Å². The summed E-state index contributed by atoms with van der Waals surface area (Å²) in [5.74, 6) is -1.07. The molecular weight excluding hydrogens is 282 g/mol. The van der Waals surface area contributed by atoms with Crippen LogP contribution in [-0.4, -0.2) is 42.6 Å². The fourth-order valence-electron chi connectivity index (χ4n) is 2.09. The van der Waals surface area contributed by atoms with Crippen molar-refractivity contribution in [1.29, 1.82) is 0 Å². The van der Waals surface area contributed by atoms with Gasteiger partial charge in [-0.3, -0.25) is 4.31 Å². The van der Waals surface area contributed by atoms with Crippen LogP contribution >= 0.6 is 0 Å². The Balaban J connectivity index is 3.01. The number of thiol groups is 1. The predicted molar refractivity (Wildman–Crippen MR) is 75.6 cm³/mol. The second kappa shape index (κ2) is 7.25.